The summed E-state index contributed by atoms with van der Waals surface area (Å²) in [7, 11) is 0. The molecule has 0 N–H and O–H groups in total. The molecule has 0 saturated heterocycles. The molecule has 0 aromatic heterocycles. The topological polar surface area (TPSA) is 0 Å². The van der Waals surface area contributed by atoms with Gasteiger partial charge in [-0.15, -0.1) is 0 Å². The van der Waals surface area contributed by atoms with E-state index in [4.69, 9.17) is 0 Å². The molecule has 0 aliphatic rings. The van der Waals surface area contributed by atoms with Crippen LogP contribution >= 0.6 is 0 Å². The first-order valence-corrected chi connectivity index (χ1v) is 4.95. The van der Waals surface area contributed by atoms with Gasteiger partial charge >= 0.3 is 6.18 Å². The number of hydrogen-bond acceptors (Lipinski definition) is 0. The molecule has 0 saturated carbocycles. The van der Waals surface area contributed by atoms with Crippen molar-refractivity contribution in [3.8, 4) is 0 Å². The van der Waals surface area contributed by atoms with E-state index in [-0.39, 0.29) is 0 Å². The number of halogens is 3. The monoisotopic (exact) mass is 216 g/mol. The molecule has 0 radical (unpaired) electrons. The molecule has 1 aromatic rings. The third kappa shape index (κ3) is 2.98. The Morgan fingerprint density at radius 1 is 1.00 bits per heavy atom. The van der Waals surface area contributed by atoms with Crippen LogP contribution in [0.15, 0.2) is 24.3 Å². The number of aryl methyl sites for hydroxylation is 1. The van der Waals surface area contributed by atoms with E-state index in [1.165, 1.54) is 0 Å². The summed E-state index contributed by atoms with van der Waals surface area (Å²) < 4.78 is 38.3. The summed E-state index contributed by atoms with van der Waals surface area (Å²) in [6.07, 6.45) is -4.16. The van der Waals surface area contributed by atoms with Crippen LogP contribution in [0, 0.1) is 12.8 Å². The normalized spacial score (nSPS) is 14.3. The summed E-state index contributed by atoms with van der Waals surface area (Å²) in [6.45, 7) is 5.05. The second-order valence-corrected chi connectivity index (χ2v) is 4.17. The average molecular weight is 216 g/mol. The van der Waals surface area contributed by atoms with Crippen LogP contribution in [0.5, 0.6) is 0 Å². The summed E-state index contributed by atoms with van der Waals surface area (Å²) in [4.78, 5) is 0. The Bertz CT molecular complexity index is 309. The van der Waals surface area contributed by atoms with Gasteiger partial charge in [0.15, 0.2) is 0 Å². The molecule has 0 heterocycles. The Morgan fingerprint density at radius 2 is 1.47 bits per heavy atom. The van der Waals surface area contributed by atoms with E-state index in [1.807, 2.05) is 6.92 Å². The molecule has 3 heteroatoms. The lowest BCUT2D eigenvalue weighted by atomic mass is 9.87. The predicted molar refractivity (Wildman–Crippen MR) is 54.8 cm³/mol. The van der Waals surface area contributed by atoms with E-state index < -0.39 is 18.0 Å². The molecule has 15 heavy (non-hydrogen) atoms. The second-order valence-electron chi connectivity index (χ2n) is 4.17. The van der Waals surface area contributed by atoms with Gasteiger partial charge < -0.3 is 0 Å². The van der Waals surface area contributed by atoms with Crippen molar-refractivity contribution in [1.82, 2.24) is 0 Å². The summed E-state index contributed by atoms with van der Waals surface area (Å²) in [5.74, 6) is -1.80. The van der Waals surface area contributed by atoms with Crippen LogP contribution in [0.25, 0.3) is 0 Å². The highest BCUT2D eigenvalue weighted by molar-refractivity contribution is 5.26. The molecule has 0 amide bonds. The third-order valence-corrected chi connectivity index (χ3v) is 2.46. The van der Waals surface area contributed by atoms with Crippen molar-refractivity contribution in [3.05, 3.63) is 35.4 Å². The minimum Gasteiger partial charge on any atom is -0.170 e. The number of alkyl halides is 3. The van der Waals surface area contributed by atoms with Gasteiger partial charge in [-0.3, -0.25) is 0 Å². The van der Waals surface area contributed by atoms with Crippen LogP contribution in [0.3, 0.4) is 0 Å². The lowest BCUT2D eigenvalue weighted by molar-refractivity contribution is -0.159. The fraction of sp³-hybridized carbons (Fsp3) is 0.500. The highest BCUT2D eigenvalue weighted by Crippen LogP contribution is 2.40. The molecule has 0 bridgehead atoms. The number of rotatable bonds is 2. The smallest absolute Gasteiger partial charge is 0.170 e. The third-order valence-electron chi connectivity index (χ3n) is 2.46. The zero-order valence-electron chi connectivity index (χ0n) is 9.10. The Morgan fingerprint density at radius 3 is 1.80 bits per heavy atom. The fourth-order valence-electron chi connectivity index (χ4n) is 1.73. The maximum atomic E-state index is 12.8. The van der Waals surface area contributed by atoms with E-state index in [0.29, 0.717) is 5.56 Å². The molecule has 1 unspecified atom stereocenters. The Balaban J connectivity index is 3.05. The quantitative estimate of drug-likeness (QED) is 0.691. The number of hydrogen-bond donors (Lipinski definition) is 0. The summed E-state index contributed by atoms with van der Waals surface area (Å²) >= 11 is 0. The maximum absolute atomic E-state index is 12.8. The maximum Gasteiger partial charge on any atom is 0.395 e. The summed E-state index contributed by atoms with van der Waals surface area (Å²) in [5.41, 5.74) is 1.33. The van der Waals surface area contributed by atoms with E-state index in [9.17, 15) is 13.2 Å². The molecule has 0 fully saturated rings. The molecule has 0 spiro atoms. The SMILES string of the molecule is Cc1ccc(C(C(C)C)C(F)(F)F)cc1. The first-order chi connectivity index (χ1) is 6.82. The van der Waals surface area contributed by atoms with E-state index >= 15 is 0 Å². The largest absolute Gasteiger partial charge is 0.395 e. The molecule has 1 aromatic carbocycles. The van der Waals surface area contributed by atoms with E-state index in [2.05, 4.69) is 0 Å². The molecule has 84 valence electrons. The molecule has 1 rings (SSSR count). The minimum atomic E-state index is -4.16. The molecular formula is C12H15F3. The molecule has 0 aliphatic carbocycles. The fourth-order valence-corrected chi connectivity index (χ4v) is 1.73. The average Bonchev–Trinajstić information content (AvgIpc) is 2.05. The van der Waals surface area contributed by atoms with Crippen LogP contribution in [0.2, 0.25) is 0 Å². The van der Waals surface area contributed by atoms with Crippen molar-refractivity contribution in [2.45, 2.75) is 32.9 Å². The Labute approximate surface area is 88.1 Å². The van der Waals surface area contributed by atoms with Gasteiger partial charge in [-0.25, -0.2) is 0 Å². The second kappa shape index (κ2) is 4.25. The predicted octanol–water partition coefficient (Wildman–Crippen LogP) is 4.30. The van der Waals surface area contributed by atoms with Crippen molar-refractivity contribution in [3.63, 3.8) is 0 Å². The molecule has 0 aliphatic heterocycles. The minimum absolute atomic E-state index is 0.350. The van der Waals surface area contributed by atoms with Gasteiger partial charge in [-0.2, -0.15) is 13.2 Å². The number of benzene rings is 1. The highest BCUT2D eigenvalue weighted by atomic mass is 19.4. The van der Waals surface area contributed by atoms with E-state index in [0.717, 1.165) is 5.56 Å². The molecule has 1 atom stereocenters. The van der Waals surface area contributed by atoms with Gasteiger partial charge in [-0.1, -0.05) is 43.7 Å². The first kappa shape index (κ1) is 12.1. The first-order valence-electron chi connectivity index (χ1n) is 4.95. The summed E-state index contributed by atoms with van der Waals surface area (Å²) in [5, 5.41) is 0. The van der Waals surface area contributed by atoms with Crippen molar-refractivity contribution >= 4 is 0 Å². The van der Waals surface area contributed by atoms with Gasteiger partial charge in [0.1, 0.15) is 0 Å². The molecule has 0 nitrogen and oxygen atoms in total. The van der Waals surface area contributed by atoms with E-state index in [1.54, 1.807) is 38.1 Å². The van der Waals surface area contributed by atoms with Crippen LogP contribution in [0.4, 0.5) is 13.2 Å². The standard InChI is InChI=1S/C12H15F3/c1-8(2)11(12(13,14)15)10-6-4-9(3)5-7-10/h4-8,11H,1-3H3. The van der Waals surface area contributed by atoms with Crippen LogP contribution in [-0.2, 0) is 0 Å². The van der Waals surface area contributed by atoms with Crippen LogP contribution < -0.4 is 0 Å². The Kier molecular flexibility index (Phi) is 3.42. The van der Waals surface area contributed by atoms with Crippen molar-refractivity contribution in [1.29, 1.82) is 0 Å². The Hall–Kier alpha value is -0.990. The van der Waals surface area contributed by atoms with Gasteiger partial charge in [0.2, 0.25) is 0 Å². The lowest BCUT2D eigenvalue weighted by Crippen LogP contribution is -2.25. The van der Waals surface area contributed by atoms with Gasteiger partial charge in [0.05, 0.1) is 5.92 Å². The zero-order valence-corrected chi connectivity index (χ0v) is 9.10. The van der Waals surface area contributed by atoms with Crippen molar-refractivity contribution < 1.29 is 13.2 Å². The van der Waals surface area contributed by atoms with Crippen LogP contribution in [0.1, 0.15) is 30.9 Å². The summed E-state index contributed by atoms with van der Waals surface area (Å²) in [6, 6.07) is 6.56. The van der Waals surface area contributed by atoms with Crippen molar-refractivity contribution in [2.75, 3.05) is 0 Å². The van der Waals surface area contributed by atoms with Crippen LogP contribution in [-0.4, -0.2) is 6.18 Å². The van der Waals surface area contributed by atoms with Gasteiger partial charge in [-0.05, 0) is 18.4 Å². The lowest BCUT2D eigenvalue weighted by Gasteiger charge is -2.24. The van der Waals surface area contributed by atoms with Crippen molar-refractivity contribution in [2.24, 2.45) is 5.92 Å². The van der Waals surface area contributed by atoms with Gasteiger partial charge in [0.25, 0.3) is 0 Å². The molecular weight excluding hydrogens is 201 g/mol. The highest BCUT2D eigenvalue weighted by Gasteiger charge is 2.42. The van der Waals surface area contributed by atoms with Gasteiger partial charge in [0, 0.05) is 0 Å². The zero-order chi connectivity index (χ0) is 11.6.